The van der Waals surface area contributed by atoms with Crippen molar-refractivity contribution in [1.82, 2.24) is 0 Å². The van der Waals surface area contributed by atoms with Crippen LogP contribution in [-0.2, 0) is 0 Å². The van der Waals surface area contributed by atoms with Crippen molar-refractivity contribution < 1.29 is 4.39 Å². The number of nitrogens with two attached hydrogens (primary N) is 1. The highest BCUT2D eigenvalue weighted by atomic mass is 35.5. The van der Waals surface area contributed by atoms with E-state index in [1.165, 1.54) is 6.07 Å². The minimum absolute atomic E-state index is 0.321. The van der Waals surface area contributed by atoms with Gasteiger partial charge in [-0.3, -0.25) is 4.99 Å². The quantitative estimate of drug-likeness (QED) is 0.907. The lowest BCUT2D eigenvalue weighted by molar-refractivity contribution is 0.590. The molecule has 1 unspecified atom stereocenters. The molecule has 2 N–H and O–H groups in total. The Kier molecular flexibility index (Phi) is 3.74. The van der Waals surface area contributed by atoms with Gasteiger partial charge >= 0.3 is 0 Å². The smallest absolute Gasteiger partial charge is 0.196 e. The van der Waals surface area contributed by atoms with Gasteiger partial charge in [-0.15, -0.1) is 0 Å². The average molecular weight is 324 g/mol. The second-order valence-corrected chi connectivity index (χ2v) is 5.54. The highest BCUT2D eigenvalue weighted by Gasteiger charge is 2.32. The predicted octanol–water partition coefficient (Wildman–Crippen LogP) is 4.01. The number of rotatable bonds is 2. The van der Waals surface area contributed by atoms with Crippen LogP contribution in [0.1, 0.15) is 11.6 Å². The number of hydrogen-bond acceptors (Lipinski definition) is 3. The summed E-state index contributed by atoms with van der Waals surface area (Å²) in [7, 11) is 0. The zero-order valence-electron chi connectivity index (χ0n) is 10.9. The minimum Gasteiger partial charge on any atom is -0.369 e. The van der Waals surface area contributed by atoms with E-state index in [1.807, 2.05) is 12.1 Å². The molecule has 1 aliphatic heterocycles. The second-order valence-electron chi connectivity index (χ2n) is 4.70. The molecule has 6 heteroatoms. The van der Waals surface area contributed by atoms with Crippen molar-refractivity contribution in [2.45, 2.75) is 6.04 Å². The molecule has 0 aliphatic carbocycles. The largest absolute Gasteiger partial charge is 0.369 e. The van der Waals surface area contributed by atoms with E-state index in [4.69, 9.17) is 28.9 Å². The van der Waals surface area contributed by atoms with Crippen LogP contribution in [0, 0.1) is 5.82 Å². The van der Waals surface area contributed by atoms with Crippen LogP contribution in [-0.4, -0.2) is 12.5 Å². The van der Waals surface area contributed by atoms with Gasteiger partial charge in [0.25, 0.3) is 0 Å². The topological polar surface area (TPSA) is 41.6 Å². The Bertz CT molecular complexity index is 698. The van der Waals surface area contributed by atoms with Crippen LogP contribution in [0.15, 0.2) is 47.5 Å². The van der Waals surface area contributed by atoms with E-state index in [0.717, 1.165) is 5.69 Å². The van der Waals surface area contributed by atoms with Crippen molar-refractivity contribution in [3.63, 3.8) is 0 Å². The Labute approximate surface area is 131 Å². The summed E-state index contributed by atoms with van der Waals surface area (Å²) in [6.07, 6.45) is 0. The number of anilines is 1. The molecule has 108 valence electrons. The van der Waals surface area contributed by atoms with Crippen LogP contribution in [0.4, 0.5) is 10.1 Å². The Hall–Kier alpha value is -1.78. The van der Waals surface area contributed by atoms with Gasteiger partial charge in [-0.2, -0.15) is 0 Å². The summed E-state index contributed by atoms with van der Waals surface area (Å²) >= 11 is 12.2. The molecule has 3 nitrogen and oxygen atoms in total. The normalized spacial score (nSPS) is 18.0. The van der Waals surface area contributed by atoms with E-state index in [-0.39, 0.29) is 11.9 Å². The molecular formula is C15H12Cl2FN3. The first-order chi connectivity index (χ1) is 10.1. The monoisotopic (exact) mass is 323 g/mol. The molecule has 2 aromatic carbocycles. The predicted molar refractivity (Wildman–Crippen MR) is 84.6 cm³/mol. The third-order valence-corrected chi connectivity index (χ3v) is 3.97. The van der Waals surface area contributed by atoms with Gasteiger partial charge in [0.05, 0.1) is 12.6 Å². The van der Waals surface area contributed by atoms with Crippen molar-refractivity contribution in [1.29, 1.82) is 0 Å². The number of aliphatic imine (C=N–C) groups is 1. The van der Waals surface area contributed by atoms with Crippen LogP contribution >= 0.6 is 23.2 Å². The van der Waals surface area contributed by atoms with Crippen molar-refractivity contribution in [3.8, 4) is 0 Å². The lowest BCUT2D eigenvalue weighted by atomic mass is 10.0. The third-order valence-electron chi connectivity index (χ3n) is 3.40. The molecule has 1 heterocycles. The molecule has 3 rings (SSSR count). The van der Waals surface area contributed by atoms with Gasteiger partial charge in [0, 0.05) is 21.3 Å². The summed E-state index contributed by atoms with van der Waals surface area (Å²) in [5, 5.41) is 0.933. The highest BCUT2D eigenvalue weighted by Crippen LogP contribution is 2.36. The number of halogens is 3. The van der Waals surface area contributed by atoms with E-state index in [0.29, 0.717) is 28.1 Å². The fourth-order valence-electron chi connectivity index (χ4n) is 2.49. The average Bonchev–Trinajstić information content (AvgIpc) is 2.80. The van der Waals surface area contributed by atoms with Crippen LogP contribution in [0.2, 0.25) is 10.0 Å². The van der Waals surface area contributed by atoms with Crippen molar-refractivity contribution >= 4 is 34.8 Å². The lowest BCUT2D eigenvalue weighted by Gasteiger charge is -2.27. The maximum absolute atomic E-state index is 14.2. The molecule has 2 aromatic rings. The first kappa shape index (κ1) is 14.2. The zero-order chi connectivity index (χ0) is 15.0. The molecule has 0 radical (unpaired) electrons. The maximum atomic E-state index is 14.2. The van der Waals surface area contributed by atoms with Gasteiger partial charge in [0.15, 0.2) is 5.96 Å². The van der Waals surface area contributed by atoms with E-state index in [2.05, 4.69) is 4.99 Å². The maximum Gasteiger partial charge on any atom is 0.196 e. The van der Waals surface area contributed by atoms with Crippen LogP contribution in [0.3, 0.4) is 0 Å². The summed E-state index contributed by atoms with van der Waals surface area (Å²) < 4.78 is 14.2. The molecular weight excluding hydrogens is 312 g/mol. The Morgan fingerprint density at radius 1 is 1.19 bits per heavy atom. The zero-order valence-corrected chi connectivity index (χ0v) is 12.4. The molecule has 0 aromatic heterocycles. The summed E-state index contributed by atoms with van der Waals surface area (Å²) in [5.41, 5.74) is 7.10. The Balaban J connectivity index is 2.07. The number of benzene rings is 2. The van der Waals surface area contributed by atoms with E-state index in [1.54, 1.807) is 29.2 Å². The van der Waals surface area contributed by atoms with Crippen molar-refractivity contribution in [3.05, 3.63) is 63.9 Å². The molecule has 1 aliphatic rings. The van der Waals surface area contributed by atoms with Crippen molar-refractivity contribution in [2.24, 2.45) is 10.7 Å². The Morgan fingerprint density at radius 3 is 2.67 bits per heavy atom. The van der Waals surface area contributed by atoms with Crippen LogP contribution in [0.5, 0.6) is 0 Å². The van der Waals surface area contributed by atoms with Gasteiger partial charge in [0.1, 0.15) is 5.82 Å². The molecule has 1 atom stereocenters. The molecule has 0 bridgehead atoms. The van der Waals surface area contributed by atoms with E-state index < -0.39 is 0 Å². The number of hydrogen-bond donors (Lipinski definition) is 1. The first-order valence-electron chi connectivity index (χ1n) is 6.36. The molecule has 0 spiro atoms. The SMILES string of the molecule is NC1=NCC(c2c(F)cccc2Cl)N1c1cccc(Cl)c1. The molecule has 0 fully saturated rings. The highest BCUT2D eigenvalue weighted by molar-refractivity contribution is 6.31. The lowest BCUT2D eigenvalue weighted by Crippen LogP contribution is -2.36. The standard InChI is InChI=1S/C15H12Cl2FN3/c16-9-3-1-4-10(7-9)21-13(8-20-15(21)19)14-11(17)5-2-6-12(14)18/h1-7,13H,8H2,(H2,19,20). The second kappa shape index (κ2) is 5.54. The summed E-state index contributed by atoms with van der Waals surface area (Å²) in [6.45, 7) is 0.346. The van der Waals surface area contributed by atoms with Crippen LogP contribution in [0.25, 0.3) is 0 Å². The summed E-state index contributed by atoms with van der Waals surface area (Å²) in [4.78, 5) is 5.96. The third kappa shape index (κ3) is 2.57. The van der Waals surface area contributed by atoms with Crippen molar-refractivity contribution in [2.75, 3.05) is 11.4 Å². The van der Waals surface area contributed by atoms with Crippen LogP contribution < -0.4 is 10.6 Å². The van der Waals surface area contributed by atoms with E-state index >= 15 is 0 Å². The Morgan fingerprint density at radius 2 is 1.95 bits per heavy atom. The molecule has 0 amide bonds. The fourth-order valence-corrected chi connectivity index (χ4v) is 2.96. The summed E-state index contributed by atoms with van der Waals surface area (Å²) in [5.74, 6) is -0.0500. The van der Waals surface area contributed by atoms with Gasteiger partial charge < -0.3 is 10.6 Å². The van der Waals surface area contributed by atoms with Gasteiger partial charge in [-0.25, -0.2) is 4.39 Å². The molecule has 21 heavy (non-hydrogen) atoms. The van der Waals surface area contributed by atoms with Gasteiger partial charge in [-0.1, -0.05) is 35.3 Å². The van der Waals surface area contributed by atoms with Gasteiger partial charge in [-0.05, 0) is 30.3 Å². The molecule has 0 saturated carbocycles. The van der Waals surface area contributed by atoms with E-state index in [9.17, 15) is 4.39 Å². The minimum atomic E-state index is -0.378. The molecule has 0 saturated heterocycles. The summed E-state index contributed by atoms with van der Waals surface area (Å²) in [6, 6.07) is 11.4. The first-order valence-corrected chi connectivity index (χ1v) is 7.12. The van der Waals surface area contributed by atoms with Gasteiger partial charge in [0.2, 0.25) is 0 Å². The number of guanidine groups is 1. The number of nitrogens with zero attached hydrogens (tertiary/aromatic N) is 2. The fraction of sp³-hybridized carbons (Fsp3) is 0.133.